The van der Waals surface area contributed by atoms with Gasteiger partial charge in [-0.15, -0.1) is 0 Å². The molecule has 0 aromatic heterocycles. The van der Waals surface area contributed by atoms with Gasteiger partial charge < -0.3 is 4.74 Å². The van der Waals surface area contributed by atoms with Gasteiger partial charge in [-0.2, -0.15) is 9.78 Å². The second-order valence-corrected chi connectivity index (χ2v) is 5.36. The first kappa shape index (κ1) is 11.5. The van der Waals surface area contributed by atoms with E-state index < -0.39 is 12.1 Å². The third-order valence-electron chi connectivity index (χ3n) is 4.23. The first-order valence-electron chi connectivity index (χ1n) is 6.98. The van der Waals surface area contributed by atoms with Gasteiger partial charge in [-0.1, -0.05) is 66.7 Å². The highest BCUT2D eigenvalue weighted by Crippen LogP contribution is 2.53. The quantitative estimate of drug-likeness (QED) is 0.628. The summed E-state index contributed by atoms with van der Waals surface area (Å²) in [6.07, 6.45) is -0.483. The molecule has 21 heavy (non-hydrogen) atoms. The van der Waals surface area contributed by atoms with E-state index in [4.69, 9.17) is 14.5 Å². The van der Waals surface area contributed by atoms with Crippen molar-refractivity contribution in [3.63, 3.8) is 0 Å². The molecular formula is C18H12O3. The van der Waals surface area contributed by atoms with E-state index in [9.17, 15) is 0 Å². The van der Waals surface area contributed by atoms with E-state index in [0.29, 0.717) is 0 Å². The minimum Gasteiger partial charge on any atom is -0.303 e. The lowest BCUT2D eigenvalue weighted by atomic mass is 9.88. The Labute approximate surface area is 121 Å². The molecule has 3 aromatic carbocycles. The summed E-state index contributed by atoms with van der Waals surface area (Å²) in [5, 5.41) is 2.34. The second kappa shape index (κ2) is 3.92. The molecule has 5 rings (SSSR count). The Morgan fingerprint density at radius 3 is 2.48 bits per heavy atom. The van der Waals surface area contributed by atoms with Crippen LogP contribution < -0.4 is 0 Å². The summed E-state index contributed by atoms with van der Waals surface area (Å²) in [5.41, 5.74) is 2.96. The van der Waals surface area contributed by atoms with Crippen molar-refractivity contribution in [3.05, 3.63) is 83.4 Å². The summed E-state index contributed by atoms with van der Waals surface area (Å²) in [6, 6.07) is 22.2. The van der Waals surface area contributed by atoms with Gasteiger partial charge in [0.05, 0.1) is 0 Å². The van der Waals surface area contributed by atoms with Crippen LogP contribution in [-0.4, -0.2) is 0 Å². The molecule has 0 aliphatic carbocycles. The zero-order chi connectivity index (χ0) is 13.9. The minimum absolute atomic E-state index is 0.483. The third-order valence-corrected chi connectivity index (χ3v) is 4.23. The summed E-state index contributed by atoms with van der Waals surface area (Å²) >= 11 is 0. The molecule has 3 nitrogen and oxygen atoms in total. The lowest BCUT2D eigenvalue weighted by Crippen LogP contribution is -2.31. The molecule has 0 saturated carbocycles. The molecule has 2 aliphatic heterocycles. The van der Waals surface area contributed by atoms with Crippen LogP contribution in [0.1, 0.15) is 23.0 Å². The van der Waals surface area contributed by atoms with Gasteiger partial charge in [0.2, 0.25) is 6.29 Å². The van der Waals surface area contributed by atoms with Crippen LogP contribution in [0.5, 0.6) is 0 Å². The van der Waals surface area contributed by atoms with Gasteiger partial charge >= 0.3 is 0 Å². The number of hydrogen-bond donors (Lipinski definition) is 0. The summed E-state index contributed by atoms with van der Waals surface area (Å²) < 4.78 is 6.14. The van der Waals surface area contributed by atoms with Crippen molar-refractivity contribution in [1.82, 2.24) is 0 Å². The van der Waals surface area contributed by atoms with Crippen LogP contribution in [0, 0.1) is 0 Å². The molecule has 2 heterocycles. The van der Waals surface area contributed by atoms with Crippen LogP contribution in [0.2, 0.25) is 0 Å². The monoisotopic (exact) mass is 276 g/mol. The Morgan fingerprint density at radius 1 is 0.810 bits per heavy atom. The fraction of sp³-hybridized carbons (Fsp3) is 0.111. The summed E-state index contributed by atoms with van der Waals surface area (Å²) in [4.78, 5) is 11.2. The Hall–Kier alpha value is -2.20. The van der Waals surface area contributed by atoms with Crippen molar-refractivity contribution in [2.75, 3.05) is 0 Å². The molecule has 2 aliphatic rings. The van der Waals surface area contributed by atoms with Crippen molar-refractivity contribution in [2.24, 2.45) is 0 Å². The number of rotatable bonds is 1. The normalized spacial score (nSPS) is 26.2. The Balaban J connectivity index is 1.90. The van der Waals surface area contributed by atoms with E-state index in [1.54, 1.807) is 0 Å². The largest absolute Gasteiger partial charge is 0.303 e. The smallest absolute Gasteiger partial charge is 0.257 e. The van der Waals surface area contributed by atoms with Crippen LogP contribution in [0.15, 0.2) is 66.7 Å². The maximum absolute atomic E-state index is 6.14. The molecule has 0 amide bonds. The molecule has 2 atom stereocenters. The van der Waals surface area contributed by atoms with Gasteiger partial charge in [0.15, 0.2) is 0 Å². The van der Waals surface area contributed by atoms with Crippen LogP contribution in [0.25, 0.3) is 10.8 Å². The van der Waals surface area contributed by atoms with Gasteiger partial charge in [-0.05, 0) is 10.8 Å². The molecule has 2 bridgehead atoms. The summed E-state index contributed by atoms with van der Waals surface area (Å²) in [7, 11) is 0. The van der Waals surface area contributed by atoms with Crippen molar-refractivity contribution < 1.29 is 14.5 Å². The average Bonchev–Trinajstić information content (AvgIpc) is 2.96. The zero-order valence-corrected chi connectivity index (χ0v) is 11.2. The van der Waals surface area contributed by atoms with Crippen LogP contribution in [0.4, 0.5) is 0 Å². The van der Waals surface area contributed by atoms with E-state index in [-0.39, 0.29) is 0 Å². The minimum atomic E-state index is -0.972. The molecule has 0 radical (unpaired) electrons. The Morgan fingerprint density at radius 2 is 1.62 bits per heavy atom. The number of fused-ring (bicyclic) bond motifs is 4. The number of benzene rings is 3. The zero-order valence-electron chi connectivity index (χ0n) is 11.2. The van der Waals surface area contributed by atoms with Gasteiger partial charge in [0.25, 0.3) is 5.79 Å². The number of ether oxygens (including phenoxy) is 1. The molecule has 102 valence electrons. The van der Waals surface area contributed by atoms with Crippen LogP contribution in [-0.2, 0) is 20.3 Å². The Bertz CT molecular complexity index is 838. The standard InChI is InChI=1S/C18H12O3/c1-2-8-13(9-3-1)18-15-11-5-7-12-6-4-10-14(16(12)15)17(19-18)20-21-18/h1-11,17H. The molecule has 3 aromatic rings. The van der Waals surface area contributed by atoms with Crippen LogP contribution >= 0.6 is 0 Å². The molecular weight excluding hydrogens is 264 g/mol. The first-order valence-corrected chi connectivity index (χ1v) is 6.98. The molecule has 1 fully saturated rings. The second-order valence-electron chi connectivity index (χ2n) is 5.36. The lowest BCUT2D eigenvalue weighted by Gasteiger charge is -2.31. The lowest BCUT2D eigenvalue weighted by molar-refractivity contribution is -0.323. The SMILES string of the molecule is c1ccc(C23OOC(O2)c2cccc4cccc3c24)cc1. The fourth-order valence-corrected chi connectivity index (χ4v) is 3.30. The molecule has 0 spiro atoms. The third kappa shape index (κ3) is 1.38. The summed E-state index contributed by atoms with van der Waals surface area (Å²) in [6.45, 7) is 0. The maximum atomic E-state index is 6.14. The van der Waals surface area contributed by atoms with Gasteiger partial charge in [-0.3, -0.25) is 0 Å². The summed E-state index contributed by atoms with van der Waals surface area (Å²) in [5.74, 6) is -0.972. The topological polar surface area (TPSA) is 27.7 Å². The van der Waals surface area contributed by atoms with Crippen molar-refractivity contribution >= 4 is 10.8 Å². The van der Waals surface area contributed by atoms with E-state index >= 15 is 0 Å². The molecule has 2 unspecified atom stereocenters. The van der Waals surface area contributed by atoms with Crippen LogP contribution in [0.3, 0.4) is 0 Å². The van der Waals surface area contributed by atoms with E-state index in [2.05, 4.69) is 12.1 Å². The highest BCUT2D eigenvalue weighted by Gasteiger charge is 2.52. The highest BCUT2D eigenvalue weighted by atomic mass is 17.3. The predicted octanol–water partition coefficient (Wildman–Crippen LogP) is 4.03. The molecule has 0 N–H and O–H groups in total. The Kier molecular flexibility index (Phi) is 2.14. The number of hydrogen-bond acceptors (Lipinski definition) is 3. The van der Waals surface area contributed by atoms with Crippen molar-refractivity contribution in [2.45, 2.75) is 12.1 Å². The maximum Gasteiger partial charge on any atom is 0.257 e. The van der Waals surface area contributed by atoms with E-state index in [0.717, 1.165) is 22.1 Å². The van der Waals surface area contributed by atoms with Gasteiger partial charge in [0.1, 0.15) is 0 Å². The van der Waals surface area contributed by atoms with E-state index in [1.165, 1.54) is 5.39 Å². The van der Waals surface area contributed by atoms with E-state index in [1.807, 2.05) is 54.6 Å². The van der Waals surface area contributed by atoms with Gasteiger partial charge in [0, 0.05) is 16.7 Å². The van der Waals surface area contributed by atoms with Crippen molar-refractivity contribution in [3.8, 4) is 0 Å². The van der Waals surface area contributed by atoms with Crippen molar-refractivity contribution in [1.29, 1.82) is 0 Å². The van der Waals surface area contributed by atoms with Gasteiger partial charge in [-0.25, -0.2) is 0 Å². The fourth-order valence-electron chi connectivity index (χ4n) is 3.30. The highest BCUT2D eigenvalue weighted by molar-refractivity contribution is 5.91. The molecule has 1 saturated heterocycles. The predicted molar refractivity (Wildman–Crippen MR) is 77.2 cm³/mol. The molecule has 3 heteroatoms. The first-order chi connectivity index (χ1) is 10.4. The average molecular weight is 276 g/mol.